The van der Waals surface area contributed by atoms with Crippen LogP contribution in [0.15, 0.2) is 66.7 Å². The average molecular weight is 293 g/mol. The largest absolute Gasteiger partial charge is 0.422 e. The third-order valence-corrected chi connectivity index (χ3v) is 3.27. The molecule has 0 N–H and O–H groups in total. The van der Waals surface area contributed by atoms with Crippen molar-refractivity contribution in [1.82, 2.24) is 0 Å². The van der Waals surface area contributed by atoms with Crippen molar-refractivity contribution in [3.8, 4) is 5.75 Å². The highest BCUT2D eigenvalue weighted by Gasteiger charge is 2.12. The highest BCUT2D eigenvalue weighted by molar-refractivity contribution is 5.95. The van der Waals surface area contributed by atoms with Crippen molar-refractivity contribution in [1.29, 1.82) is 0 Å². The number of carbonyl (C=O) groups excluding carboxylic acids is 1. The van der Waals surface area contributed by atoms with E-state index in [4.69, 9.17) is 4.74 Å². The Morgan fingerprint density at radius 2 is 1.59 bits per heavy atom. The van der Waals surface area contributed by atoms with Crippen LogP contribution in [0, 0.1) is 10.1 Å². The van der Waals surface area contributed by atoms with Gasteiger partial charge in [0.2, 0.25) is 0 Å². The van der Waals surface area contributed by atoms with Gasteiger partial charge in [-0.25, -0.2) is 4.79 Å². The van der Waals surface area contributed by atoms with E-state index in [2.05, 4.69) is 0 Å². The van der Waals surface area contributed by atoms with Crippen LogP contribution in [0.2, 0.25) is 0 Å². The Kier molecular flexibility index (Phi) is 3.53. The minimum absolute atomic E-state index is 0.0679. The van der Waals surface area contributed by atoms with E-state index in [1.807, 2.05) is 30.3 Å². The fraction of sp³-hybridized carbons (Fsp3) is 0. The lowest BCUT2D eigenvalue weighted by atomic mass is 10.1. The van der Waals surface area contributed by atoms with E-state index in [9.17, 15) is 14.9 Å². The molecule has 5 heteroatoms. The molecule has 5 nitrogen and oxygen atoms in total. The van der Waals surface area contributed by atoms with Crippen LogP contribution < -0.4 is 4.74 Å². The summed E-state index contributed by atoms with van der Waals surface area (Å²) >= 11 is 0. The van der Waals surface area contributed by atoms with Crippen molar-refractivity contribution < 1.29 is 14.5 Å². The Morgan fingerprint density at radius 3 is 2.32 bits per heavy atom. The molecule has 0 atom stereocenters. The summed E-state index contributed by atoms with van der Waals surface area (Å²) in [6.07, 6.45) is 0. The topological polar surface area (TPSA) is 69.4 Å². The van der Waals surface area contributed by atoms with Crippen molar-refractivity contribution >= 4 is 22.4 Å². The quantitative estimate of drug-likeness (QED) is 0.317. The normalized spacial score (nSPS) is 10.4. The molecular formula is C17H11NO4. The van der Waals surface area contributed by atoms with Gasteiger partial charge in [-0.3, -0.25) is 10.1 Å². The molecule has 3 aromatic rings. The fourth-order valence-electron chi connectivity index (χ4n) is 2.16. The van der Waals surface area contributed by atoms with Gasteiger partial charge in [-0.15, -0.1) is 0 Å². The molecule has 0 aliphatic rings. The standard InChI is InChI=1S/C17H11NO4/c19-17(13-8-10-14(11-9-13)18(20)21)22-16-7-3-5-12-4-1-2-6-15(12)16/h1-11H. The lowest BCUT2D eigenvalue weighted by Gasteiger charge is -2.07. The van der Waals surface area contributed by atoms with E-state index in [-0.39, 0.29) is 11.3 Å². The third-order valence-electron chi connectivity index (χ3n) is 3.27. The van der Waals surface area contributed by atoms with E-state index >= 15 is 0 Å². The van der Waals surface area contributed by atoms with E-state index in [1.165, 1.54) is 24.3 Å². The predicted octanol–water partition coefficient (Wildman–Crippen LogP) is 3.97. The second kappa shape index (κ2) is 5.65. The maximum atomic E-state index is 12.1. The van der Waals surface area contributed by atoms with Gasteiger partial charge in [0.15, 0.2) is 0 Å². The number of benzene rings is 3. The first kappa shape index (κ1) is 13.8. The Morgan fingerprint density at radius 1 is 0.909 bits per heavy atom. The van der Waals surface area contributed by atoms with Crippen molar-refractivity contribution in [2.24, 2.45) is 0 Å². The Hall–Kier alpha value is -3.21. The Labute approximate surface area is 125 Å². The maximum Gasteiger partial charge on any atom is 0.343 e. The number of nitrogens with zero attached hydrogens (tertiary/aromatic N) is 1. The van der Waals surface area contributed by atoms with Crippen LogP contribution in [-0.4, -0.2) is 10.9 Å². The molecule has 0 unspecified atom stereocenters. The molecule has 0 spiro atoms. The number of fused-ring (bicyclic) bond motifs is 1. The van der Waals surface area contributed by atoms with Gasteiger partial charge in [0.1, 0.15) is 5.75 Å². The first-order chi connectivity index (χ1) is 10.6. The van der Waals surface area contributed by atoms with Crippen LogP contribution in [-0.2, 0) is 0 Å². The summed E-state index contributed by atoms with van der Waals surface area (Å²) in [5.41, 5.74) is 0.195. The zero-order valence-corrected chi connectivity index (χ0v) is 11.4. The summed E-state index contributed by atoms with van der Waals surface area (Å²) in [5, 5.41) is 12.4. The Balaban J connectivity index is 1.88. The summed E-state index contributed by atoms with van der Waals surface area (Å²) in [4.78, 5) is 22.2. The van der Waals surface area contributed by atoms with Crippen LogP contribution >= 0.6 is 0 Å². The fourth-order valence-corrected chi connectivity index (χ4v) is 2.16. The SMILES string of the molecule is O=C(Oc1cccc2ccccc12)c1ccc([N+](=O)[O-])cc1. The summed E-state index contributed by atoms with van der Waals surface area (Å²) in [7, 11) is 0. The van der Waals surface area contributed by atoms with E-state index < -0.39 is 10.9 Å². The van der Waals surface area contributed by atoms with Crippen LogP contribution in [0.5, 0.6) is 5.75 Å². The van der Waals surface area contributed by atoms with Gasteiger partial charge in [0.05, 0.1) is 10.5 Å². The molecule has 3 rings (SSSR count). The zero-order chi connectivity index (χ0) is 15.5. The number of ether oxygens (including phenoxy) is 1. The molecule has 0 saturated heterocycles. The molecule has 3 aromatic carbocycles. The first-order valence-electron chi connectivity index (χ1n) is 6.59. The summed E-state index contributed by atoms with van der Waals surface area (Å²) in [6.45, 7) is 0. The molecular weight excluding hydrogens is 282 g/mol. The smallest absolute Gasteiger partial charge is 0.343 e. The lowest BCUT2D eigenvalue weighted by molar-refractivity contribution is -0.384. The molecule has 0 bridgehead atoms. The summed E-state index contributed by atoms with van der Waals surface area (Å²) in [5.74, 6) is -0.0901. The van der Waals surface area contributed by atoms with Crippen molar-refractivity contribution in [3.63, 3.8) is 0 Å². The van der Waals surface area contributed by atoms with Gasteiger partial charge >= 0.3 is 5.97 Å². The lowest BCUT2D eigenvalue weighted by Crippen LogP contribution is -2.08. The molecule has 0 saturated carbocycles. The number of rotatable bonds is 3. The first-order valence-corrected chi connectivity index (χ1v) is 6.59. The zero-order valence-electron chi connectivity index (χ0n) is 11.4. The van der Waals surface area contributed by atoms with E-state index in [0.29, 0.717) is 5.75 Å². The summed E-state index contributed by atoms with van der Waals surface area (Å²) < 4.78 is 5.41. The molecule has 0 radical (unpaired) electrons. The van der Waals surface area contributed by atoms with Gasteiger partial charge in [-0.2, -0.15) is 0 Å². The van der Waals surface area contributed by atoms with Crippen LogP contribution in [0.3, 0.4) is 0 Å². The molecule has 22 heavy (non-hydrogen) atoms. The number of nitro benzene ring substituents is 1. The number of non-ortho nitro benzene ring substituents is 1. The third kappa shape index (κ3) is 2.64. The van der Waals surface area contributed by atoms with Gasteiger partial charge in [0, 0.05) is 17.5 Å². The summed E-state index contributed by atoms with van der Waals surface area (Å²) in [6, 6.07) is 18.3. The average Bonchev–Trinajstić information content (AvgIpc) is 2.55. The monoisotopic (exact) mass is 293 g/mol. The van der Waals surface area contributed by atoms with Gasteiger partial charge in [0.25, 0.3) is 5.69 Å². The molecule has 0 aliphatic heterocycles. The maximum absolute atomic E-state index is 12.1. The minimum atomic E-state index is -0.550. The van der Waals surface area contributed by atoms with E-state index in [1.54, 1.807) is 12.1 Å². The van der Waals surface area contributed by atoms with Gasteiger partial charge in [-0.05, 0) is 23.6 Å². The number of esters is 1. The molecule has 0 heterocycles. The van der Waals surface area contributed by atoms with Crippen molar-refractivity contribution in [2.45, 2.75) is 0 Å². The molecule has 0 aliphatic carbocycles. The van der Waals surface area contributed by atoms with Crippen LogP contribution in [0.1, 0.15) is 10.4 Å². The minimum Gasteiger partial charge on any atom is -0.422 e. The second-order valence-corrected chi connectivity index (χ2v) is 4.67. The van der Waals surface area contributed by atoms with Crippen molar-refractivity contribution in [3.05, 3.63) is 82.4 Å². The number of nitro groups is 1. The molecule has 108 valence electrons. The van der Waals surface area contributed by atoms with E-state index in [0.717, 1.165) is 10.8 Å². The molecule has 0 fully saturated rings. The number of hydrogen-bond acceptors (Lipinski definition) is 4. The van der Waals surface area contributed by atoms with Crippen LogP contribution in [0.25, 0.3) is 10.8 Å². The second-order valence-electron chi connectivity index (χ2n) is 4.67. The van der Waals surface area contributed by atoms with Crippen molar-refractivity contribution in [2.75, 3.05) is 0 Å². The number of carbonyl (C=O) groups is 1. The van der Waals surface area contributed by atoms with Crippen LogP contribution in [0.4, 0.5) is 5.69 Å². The highest BCUT2D eigenvalue weighted by atomic mass is 16.6. The van der Waals surface area contributed by atoms with Gasteiger partial charge < -0.3 is 4.74 Å². The van der Waals surface area contributed by atoms with Gasteiger partial charge in [-0.1, -0.05) is 36.4 Å². The predicted molar refractivity (Wildman–Crippen MR) is 82.0 cm³/mol. The number of hydrogen-bond donors (Lipinski definition) is 0. The molecule has 0 aromatic heterocycles. The Bertz CT molecular complexity index is 851. The molecule has 0 amide bonds. The highest BCUT2D eigenvalue weighted by Crippen LogP contribution is 2.26.